The Bertz CT molecular complexity index is 753. The maximum absolute atomic E-state index is 11.8. The Morgan fingerprint density at radius 2 is 1.51 bits per heavy atom. The molecule has 202 valence electrons. The maximum atomic E-state index is 11.8. The minimum absolute atomic E-state index is 0.138. The Balaban J connectivity index is 3.07. The molecule has 0 aromatic rings. The summed E-state index contributed by atoms with van der Waals surface area (Å²) in [5.41, 5.74) is 4.96. The van der Waals surface area contributed by atoms with Crippen LogP contribution in [0, 0.1) is 16.7 Å². The number of carbonyl (C=O) groups is 4. The summed E-state index contributed by atoms with van der Waals surface area (Å²) in [6.07, 6.45) is -0.918. The highest BCUT2D eigenvalue weighted by atomic mass is 16.7. The Labute approximate surface area is 208 Å². The summed E-state index contributed by atoms with van der Waals surface area (Å²) in [6.45, 7) is 14.1. The molecule has 1 fully saturated rings. The Hall–Kier alpha value is -2.20. The highest BCUT2D eigenvalue weighted by molar-refractivity contribution is 5.73. The molecule has 0 aromatic carbocycles. The standard InChI is InChI=1S/C25H43NO9/c1-9-25(8,13-24(6,7)11-10-20(26)30)14-32-23-15(2)21(33-17(4)28)22(34-18(5)29)19(35-23)12-31-16(3)27/h15,19,21-23H,9-14H2,1-8H3,(H2,26,30). The van der Waals surface area contributed by atoms with Crippen LogP contribution in [0.4, 0.5) is 0 Å². The molecule has 1 rings (SSSR count). The zero-order valence-corrected chi connectivity index (χ0v) is 22.4. The van der Waals surface area contributed by atoms with Crippen LogP contribution in [0.15, 0.2) is 0 Å². The van der Waals surface area contributed by atoms with Gasteiger partial charge in [-0.2, -0.15) is 0 Å². The van der Waals surface area contributed by atoms with Gasteiger partial charge < -0.3 is 29.4 Å². The first-order chi connectivity index (χ1) is 16.1. The van der Waals surface area contributed by atoms with Gasteiger partial charge in [0.1, 0.15) is 18.8 Å². The molecule has 1 amide bonds. The first-order valence-corrected chi connectivity index (χ1v) is 12.1. The van der Waals surface area contributed by atoms with Crippen LogP contribution in [-0.2, 0) is 42.9 Å². The van der Waals surface area contributed by atoms with Crippen LogP contribution in [0.5, 0.6) is 0 Å². The zero-order valence-electron chi connectivity index (χ0n) is 22.4. The van der Waals surface area contributed by atoms with E-state index < -0.39 is 48.4 Å². The first-order valence-electron chi connectivity index (χ1n) is 12.1. The fourth-order valence-electron chi connectivity index (χ4n) is 4.53. The largest absolute Gasteiger partial charge is 0.463 e. The SMILES string of the molecule is CCC(C)(COC1OC(COC(C)=O)C(OC(C)=O)C(OC(C)=O)C1C)CC(C)(C)CCC(N)=O. The molecule has 1 aliphatic heterocycles. The molecule has 0 saturated carbocycles. The van der Waals surface area contributed by atoms with E-state index in [4.69, 9.17) is 29.4 Å². The monoisotopic (exact) mass is 501 g/mol. The average Bonchev–Trinajstić information content (AvgIpc) is 2.72. The molecule has 0 aliphatic carbocycles. The molecule has 6 unspecified atom stereocenters. The van der Waals surface area contributed by atoms with Gasteiger partial charge in [0.15, 0.2) is 12.4 Å². The van der Waals surface area contributed by atoms with E-state index in [-0.39, 0.29) is 23.3 Å². The molecular formula is C25H43NO9. The van der Waals surface area contributed by atoms with Gasteiger partial charge in [-0.3, -0.25) is 19.2 Å². The summed E-state index contributed by atoms with van der Waals surface area (Å²) in [7, 11) is 0. The van der Waals surface area contributed by atoms with Gasteiger partial charge in [0.05, 0.1) is 6.61 Å². The molecule has 1 saturated heterocycles. The number of esters is 3. The number of carbonyl (C=O) groups excluding carboxylic acids is 4. The van der Waals surface area contributed by atoms with Crippen molar-refractivity contribution in [2.24, 2.45) is 22.5 Å². The second-order valence-corrected chi connectivity index (χ2v) is 10.6. The molecule has 0 aromatic heterocycles. The van der Waals surface area contributed by atoms with Gasteiger partial charge in [0.25, 0.3) is 0 Å². The second-order valence-electron chi connectivity index (χ2n) is 10.6. The van der Waals surface area contributed by atoms with Gasteiger partial charge in [0.2, 0.25) is 5.91 Å². The lowest BCUT2D eigenvalue weighted by atomic mass is 9.71. The van der Waals surface area contributed by atoms with Crippen molar-refractivity contribution in [3.05, 3.63) is 0 Å². The summed E-state index contributed by atoms with van der Waals surface area (Å²) in [5.74, 6) is -2.44. The molecular weight excluding hydrogens is 458 g/mol. The minimum Gasteiger partial charge on any atom is -0.463 e. The summed E-state index contributed by atoms with van der Waals surface area (Å²) < 4.78 is 28.4. The van der Waals surface area contributed by atoms with Crippen LogP contribution in [0.25, 0.3) is 0 Å². The van der Waals surface area contributed by atoms with E-state index >= 15 is 0 Å². The third kappa shape index (κ3) is 10.5. The van der Waals surface area contributed by atoms with E-state index in [1.807, 2.05) is 0 Å². The minimum atomic E-state index is -0.962. The van der Waals surface area contributed by atoms with Crippen LogP contribution in [0.1, 0.15) is 81.1 Å². The van der Waals surface area contributed by atoms with Crippen LogP contribution in [0.3, 0.4) is 0 Å². The predicted molar refractivity (Wildman–Crippen MR) is 127 cm³/mol. The Morgan fingerprint density at radius 3 is 2.00 bits per heavy atom. The van der Waals surface area contributed by atoms with Crippen LogP contribution < -0.4 is 5.73 Å². The van der Waals surface area contributed by atoms with Crippen molar-refractivity contribution in [1.29, 1.82) is 0 Å². The Kier molecular flexibility index (Phi) is 11.6. The van der Waals surface area contributed by atoms with Crippen molar-refractivity contribution in [3.63, 3.8) is 0 Å². The molecule has 0 spiro atoms. The smallest absolute Gasteiger partial charge is 0.303 e. The average molecular weight is 502 g/mol. The van der Waals surface area contributed by atoms with E-state index in [0.717, 1.165) is 12.8 Å². The van der Waals surface area contributed by atoms with Crippen molar-refractivity contribution in [3.8, 4) is 0 Å². The molecule has 10 nitrogen and oxygen atoms in total. The van der Waals surface area contributed by atoms with Crippen LogP contribution in [-0.4, -0.2) is 61.6 Å². The van der Waals surface area contributed by atoms with E-state index in [1.54, 1.807) is 6.92 Å². The number of ether oxygens (including phenoxy) is 5. The van der Waals surface area contributed by atoms with Crippen LogP contribution in [0.2, 0.25) is 0 Å². The fourth-order valence-corrected chi connectivity index (χ4v) is 4.53. The number of nitrogens with two attached hydrogens (primary N) is 1. The van der Waals surface area contributed by atoms with Gasteiger partial charge >= 0.3 is 17.9 Å². The molecule has 1 heterocycles. The maximum Gasteiger partial charge on any atom is 0.303 e. The highest BCUT2D eigenvalue weighted by Crippen LogP contribution is 2.41. The van der Waals surface area contributed by atoms with E-state index in [0.29, 0.717) is 19.4 Å². The number of hydrogen-bond donors (Lipinski definition) is 1. The van der Waals surface area contributed by atoms with Crippen molar-refractivity contribution in [2.45, 2.75) is 106 Å². The molecule has 0 bridgehead atoms. The van der Waals surface area contributed by atoms with Gasteiger partial charge in [0, 0.05) is 33.1 Å². The number of amides is 1. The fraction of sp³-hybridized carbons (Fsp3) is 0.840. The van der Waals surface area contributed by atoms with E-state index in [9.17, 15) is 19.2 Å². The van der Waals surface area contributed by atoms with Crippen LogP contribution >= 0.6 is 0 Å². The topological polar surface area (TPSA) is 140 Å². The molecule has 1 aliphatic rings. The summed E-state index contributed by atoms with van der Waals surface area (Å²) >= 11 is 0. The molecule has 2 N–H and O–H groups in total. The number of hydrogen-bond acceptors (Lipinski definition) is 9. The highest BCUT2D eigenvalue weighted by Gasteiger charge is 2.49. The number of primary amides is 1. The third-order valence-electron chi connectivity index (χ3n) is 6.40. The molecule has 35 heavy (non-hydrogen) atoms. The lowest BCUT2D eigenvalue weighted by molar-refractivity contribution is -0.294. The lowest BCUT2D eigenvalue weighted by Gasteiger charge is -2.45. The van der Waals surface area contributed by atoms with Crippen molar-refractivity contribution in [1.82, 2.24) is 0 Å². The van der Waals surface area contributed by atoms with Gasteiger partial charge in [-0.05, 0) is 30.1 Å². The van der Waals surface area contributed by atoms with Crippen molar-refractivity contribution < 1.29 is 42.9 Å². The lowest BCUT2D eigenvalue weighted by Crippen LogP contribution is -2.58. The van der Waals surface area contributed by atoms with Gasteiger partial charge in [-0.15, -0.1) is 0 Å². The zero-order chi connectivity index (χ0) is 27.0. The Morgan fingerprint density at radius 1 is 0.943 bits per heavy atom. The molecule has 10 heteroatoms. The normalized spacial score (nSPS) is 26.3. The third-order valence-corrected chi connectivity index (χ3v) is 6.40. The quantitative estimate of drug-likeness (QED) is 0.298. The van der Waals surface area contributed by atoms with E-state index in [2.05, 4.69) is 27.7 Å². The molecule has 0 radical (unpaired) electrons. The van der Waals surface area contributed by atoms with E-state index in [1.165, 1.54) is 20.8 Å². The predicted octanol–water partition coefficient (Wildman–Crippen LogP) is 2.89. The summed E-state index contributed by atoms with van der Waals surface area (Å²) in [5, 5.41) is 0. The van der Waals surface area contributed by atoms with Crippen molar-refractivity contribution >= 4 is 23.8 Å². The second kappa shape index (κ2) is 13.2. The summed E-state index contributed by atoms with van der Waals surface area (Å²) in [6, 6.07) is 0. The first kappa shape index (κ1) is 30.8. The van der Waals surface area contributed by atoms with Gasteiger partial charge in [-0.1, -0.05) is 34.6 Å². The summed E-state index contributed by atoms with van der Waals surface area (Å²) in [4.78, 5) is 46.3. The molecule has 6 atom stereocenters. The number of rotatable bonds is 13. The van der Waals surface area contributed by atoms with Gasteiger partial charge in [-0.25, -0.2) is 0 Å². The van der Waals surface area contributed by atoms with Crippen molar-refractivity contribution in [2.75, 3.05) is 13.2 Å².